The molecular weight excluding hydrogens is 224 g/mol. The zero-order valence-electron chi connectivity index (χ0n) is 10.1. The largest absolute Gasteiger partial charge is 0.481 e. The highest BCUT2D eigenvalue weighted by Gasteiger charge is 2.63. The fourth-order valence-electron chi connectivity index (χ4n) is 3.05. The van der Waals surface area contributed by atoms with Crippen LogP contribution in [0.25, 0.3) is 0 Å². The van der Waals surface area contributed by atoms with E-state index in [1.54, 1.807) is 7.11 Å². The van der Waals surface area contributed by atoms with E-state index in [1.165, 1.54) is 0 Å². The molecule has 0 radical (unpaired) electrons. The molecule has 98 valence electrons. The number of carboxylic acid groups (broad SMARTS) is 1. The summed E-state index contributed by atoms with van der Waals surface area (Å²) in [6.07, 6.45) is 2.36. The van der Waals surface area contributed by atoms with Crippen LogP contribution in [0.15, 0.2) is 0 Å². The van der Waals surface area contributed by atoms with E-state index in [2.05, 4.69) is 0 Å². The summed E-state index contributed by atoms with van der Waals surface area (Å²) >= 11 is 0. The van der Waals surface area contributed by atoms with Gasteiger partial charge >= 0.3 is 5.97 Å². The van der Waals surface area contributed by atoms with Crippen LogP contribution in [0, 0.1) is 5.41 Å². The van der Waals surface area contributed by atoms with Crippen molar-refractivity contribution in [1.29, 1.82) is 0 Å². The van der Waals surface area contributed by atoms with Gasteiger partial charge in [0.2, 0.25) is 0 Å². The monoisotopic (exact) mass is 244 g/mol. The van der Waals surface area contributed by atoms with Gasteiger partial charge in [-0.1, -0.05) is 0 Å². The Balaban J connectivity index is 2.18. The van der Waals surface area contributed by atoms with E-state index in [1.807, 2.05) is 0 Å². The van der Waals surface area contributed by atoms with Gasteiger partial charge < -0.3 is 19.7 Å². The van der Waals surface area contributed by atoms with Crippen LogP contribution >= 0.6 is 0 Å². The summed E-state index contributed by atoms with van der Waals surface area (Å²) in [5.74, 6) is -0.907. The van der Waals surface area contributed by atoms with E-state index in [4.69, 9.17) is 9.47 Å². The molecule has 17 heavy (non-hydrogen) atoms. The quantitative estimate of drug-likeness (QED) is 0.768. The molecule has 1 aliphatic heterocycles. The van der Waals surface area contributed by atoms with Crippen LogP contribution in [-0.2, 0) is 14.3 Å². The van der Waals surface area contributed by atoms with E-state index < -0.39 is 17.0 Å². The minimum absolute atomic E-state index is 0.0423. The minimum atomic E-state index is -1.15. The molecule has 2 aliphatic rings. The Morgan fingerprint density at radius 2 is 2.06 bits per heavy atom. The number of rotatable bonds is 3. The van der Waals surface area contributed by atoms with Crippen molar-refractivity contribution in [3.63, 3.8) is 0 Å². The molecule has 0 aromatic carbocycles. The molecule has 1 aliphatic carbocycles. The highest BCUT2D eigenvalue weighted by atomic mass is 16.5. The highest BCUT2D eigenvalue weighted by molar-refractivity contribution is 5.78. The van der Waals surface area contributed by atoms with Crippen LogP contribution in [0.2, 0.25) is 0 Å². The van der Waals surface area contributed by atoms with E-state index in [0.717, 1.165) is 0 Å². The predicted octanol–water partition coefficient (Wildman–Crippen LogP) is 0.798. The van der Waals surface area contributed by atoms with Crippen LogP contribution in [0.1, 0.15) is 32.1 Å². The van der Waals surface area contributed by atoms with Crippen molar-refractivity contribution in [1.82, 2.24) is 0 Å². The second-order valence-corrected chi connectivity index (χ2v) is 5.15. The Morgan fingerprint density at radius 3 is 2.65 bits per heavy atom. The van der Waals surface area contributed by atoms with Gasteiger partial charge in [0.1, 0.15) is 5.41 Å². The minimum Gasteiger partial charge on any atom is -0.481 e. The molecule has 0 spiro atoms. The maximum absolute atomic E-state index is 11.5. The van der Waals surface area contributed by atoms with Gasteiger partial charge in [-0.05, 0) is 25.7 Å². The van der Waals surface area contributed by atoms with Gasteiger partial charge in [-0.15, -0.1) is 0 Å². The molecule has 0 aromatic rings. The first-order chi connectivity index (χ1) is 8.04. The lowest BCUT2D eigenvalue weighted by molar-refractivity contribution is -0.209. The average Bonchev–Trinajstić information content (AvgIpc) is 2.42. The Bertz CT molecular complexity index is 287. The number of hydrogen-bond donors (Lipinski definition) is 2. The molecule has 5 heteroatoms. The van der Waals surface area contributed by atoms with Crippen molar-refractivity contribution in [2.45, 2.75) is 43.8 Å². The molecular formula is C12H20O5. The topological polar surface area (TPSA) is 76.0 Å². The summed E-state index contributed by atoms with van der Waals surface area (Å²) < 4.78 is 10.5. The second-order valence-electron chi connectivity index (χ2n) is 5.15. The second kappa shape index (κ2) is 4.55. The Kier molecular flexibility index (Phi) is 3.43. The summed E-state index contributed by atoms with van der Waals surface area (Å²) in [5, 5.41) is 20.1. The smallest absolute Gasteiger partial charge is 0.312 e. The number of ether oxygens (including phenoxy) is 2. The average molecular weight is 244 g/mol. The lowest BCUT2D eigenvalue weighted by atomic mass is 9.55. The fourth-order valence-corrected chi connectivity index (χ4v) is 3.05. The van der Waals surface area contributed by atoms with Gasteiger partial charge in [-0.2, -0.15) is 0 Å². The van der Waals surface area contributed by atoms with Crippen LogP contribution in [0.4, 0.5) is 0 Å². The molecule has 1 heterocycles. The number of carbonyl (C=O) groups is 1. The standard InChI is InChI=1S/C12H20O5/c1-16-9-7-11(8-9,10(13)14)12(15)3-2-5-17-6-4-12/h9,15H,2-8H2,1H3,(H,13,14). The SMILES string of the molecule is COC1CC(C(=O)O)(C2(O)CCCOCC2)C1. The zero-order valence-corrected chi connectivity index (χ0v) is 10.1. The lowest BCUT2D eigenvalue weighted by Crippen LogP contribution is -2.62. The lowest BCUT2D eigenvalue weighted by Gasteiger charge is -2.53. The van der Waals surface area contributed by atoms with E-state index >= 15 is 0 Å². The first-order valence-corrected chi connectivity index (χ1v) is 6.10. The summed E-state index contributed by atoms with van der Waals surface area (Å²) in [5.41, 5.74) is -2.19. The zero-order chi connectivity index (χ0) is 12.5. The first-order valence-electron chi connectivity index (χ1n) is 6.10. The molecule has 1 unspecified atom stereocenters. The molecule has 5 nitrogen and oxygen atoms in total. The molecule has 0 aromatic heterocycles. The van der Waals surface area contributed by atoms with Crippen molar-refractivity contribution in [3.8, 4) is 0 Å². The van der Waals surface area contributed by atoms with Crippen LogP contribution in [-0.4, -0.2) is 48.2 Å². The summed E-state index contributed by atoms with van der Waals surface area (Å²) in [6.45, 7) is 1.04. The molecule has 0 amide bonds. The molecule has 1 atom stereocenters. The third-order valence-electron chi connectivity index (χ3n) is 4.32. The van der Waals surface area contributed by atoms with Crippen molar-refractivity contribution < 1.29 is 24.5 Å². The van der Waals surface area contributed by atoms with Gasteiger partial charge in [-0.3, -0.25) is 4.79 Å². The van der Waals surface area contributed by atoms with Gasteiger partial charge in [0.05, 0.1) is 11.7 Å². The van der Waals surface area contributed by atoms with E-state index in [0.29, 0.717) is 45.3 Å². The van der Waals surface area contributed by atoms with Gasteiger partial charge in [0, 0.05) is 26.7 Å². The summed E-state index contributed by atoms with van der Waals surface area (Å²) in [6, 6.07) is 0. The van der Waals surface area contributed by atoms with Crippen molar-refractivity contribution in [3.05, 3.63) is 0 Å². The van der Waals surface area contributed by atoms with Crippen LogP contribution < -0.4 is 0 Å². The molecule has 2 N–H and O–H groups in total. The normalized spacial score (nSPS) is 42.6. The van der Waals surface area contributed by atoms with E-state index in [-0.39, 0.29) is 6.10 Å². The summed E-state index contributed by atoms with van der Waals surface area (Å²) in [4.78, 5) is 11.5. The Hall–Kier alpha value is -0.650. The van der Waals surface area contributed by atoms with Crippen LogP contribution in [0.3, 0.4) is 0 Å². The van der Waals surface area contributed by atoms with Crippen molar-refractivity contribution in [2.24, 2.45) is 5.41 Å². The number of aliphatic carboxylic acids is 1. The molecule has 2 rings (SSSR count). The maximum Gasteiger partial charge on any atom is 0.312 e. The maximum atomic E-state index is 11.5. The first kappa shape index (κ1) is 12.8. The molecule has 1 saturated carbocycles. The van der Waals surface area contributed by atoms with Gasteiger partial charge in [0.15, 0.2) is 0 Å². The molecule has 0 bridgehead atoms. The summed E-state index contributed by atoms with van der Waals surface area (Å²) in [7, 11) is 1.58. The number of hydrogen-bond acceptors (Lipinski definition) is 4. The predicted molar refractivity (Wildman–Crippen MR) is 59.7 cm³/mol. The number of carboxylic acids is 1. The molecule has 2 fully saturated rings. The Morgan fingerprint density at radius 1 is 1.35 bits per heavy atom. The Labute approximate surface area is 101 Å². The fraction of sp³-hybridized carbons (Fsp3) is 0.917. The third kappa shape index (κ3) is 1.96. The third-order valence-corrected chi connectivity index (χ3v) is 4.32. The van der Waals surface area contributed by atoms with Crippen LogP contribution in [0.5, 0.6) is 0 Å². The van der Waals surface area contributed by atoms with Gasteiger partial charge in [0.25, 0.3) is 0 Å². The number of methoxy groups -OCH3 is 1. The van der Waals surface area contributed by atoms with Gasteiger partial charge in [-0.25, -0.2) is 0 Å². The van der Waals surface area contributed by atoms with Crippen molar-refractivity contribution >= 4 is 5.97 Å². The highest BCUT2D eigenvalue weighted by Crippen LogP contribution is 2.54. The van der Waals surface area contributed by atoms with E-state index in [9.17, 15) is 15.0 Å². The molecule has 1 saturated heterocycles. The van der Waals surface area contributed by atoms with Crippen molar-refractivity contribution in [2.75, 3.05) is 20.3 Å². The number of aliphatic hydroxyl groups is 1.